The van der Waals surface area contributed by atoms with E-state index in [9.17, 15) is 0 Å². The Labute approximate surface area is 112 Å². The molecule has 1 heterocycles. The number of nitrogens with zero attached hydrogens (tertiary/aromatic N) is 2. The van der Waals surface area contributed by atoms with Crippen molar-refractivity contribution in [3.05, 3.63) is 40.1 Å². The first-order valence-corrected chi connectivity index (χ1v) is 5.85. The second-order valence-electron chi connectivity index (χ2n) is 3.08. The van der Waals surface area contributed by atoms with Crippen LogP contribution in [0, 0.1) is 0 Å². The van der Waals surface area contributed by atoms with Gasteiger partial charge in [-0.1, -0.05) is 11.6 Å². The Bertz CT molecular complexity index is 519. The van der Waals surface area contributed by atoms with Crippen molar-refractivity contribution in [1.82, 2.24) is 9.97 Å². The Hall–Kier alpha value is -1.33. The maximum Gasteiger partial charge on any atom is 0.321 e. The molecule has 0 atom stereocenters. The minimum atomic E-state index is 0.236. The molecule has 0 unspecified atom stereocenters. The quantitative estimate of drug-likeness (QED) is 0.866. The maximum atomic E-state index is 6.02. The molecule has 0 aliphatic rings. The van der Waals surface area contributed by atoms with Gasteiger partial charge in [0.15, 0.2) is 0 Å². The molecule has 0 fully saturated rings. The van der Waals surface area contributed by atoms with Crippen molar-refractivity contribution < 1.29 is 9.47 Å². The minimum Gasteiger partial charge on any atom is -0.497 e. The van der Waals surface area contributed by atoms with Crippen molar-refractivity contribution in [2.45, 2.75) is 0 Å². The predicted molar refractivity (Wildman–Crippen MR) is 67.8 cm³/mol. The Morgan fingerprint density at radius 1 is 1.24 bits per heavy atom. The topological polar surface area (TPSA) is 44.2 Å². The molecule has 0 aliphatic heterocycles. The lowest BCUT2D eigenvalue weighted by Gasteiger charge is -2.07. The lowest BCUT2D eigenvalue weighted by atomic mass is 10.3. The number of methoxy groups -OCH3 is 1. The summed E-state index contributed by atoms with van der Waals surface area (Å²) in [5.41, 5.74) is 0. The molecule has 2 aromatic rings. The van der Waals surface area contributed by atoms with E-state index in [-0.39, 0.29) is 6.01 Å². The lowest BCUT2D eigenvalue weighted by Crippen LogP contribution is -1.92. The molecule has 0 N–H and O–H groups in total. The van der Waals surface area contributed by atoms with E-state index >= 15 is 0 Å². The molecule has 2 rings (SSSR count). The molecule has 0 spiro atoms. The van der Waals surface area contributed by atoms with Gasteiger partial charge in [-0.25, -0.2) is 9.97 Å². The van der Waals surface area contributed by atoms with Gasteiger partial charge in [-0.3, -0.25) is 0 Å². The number of aromatic nitrogens is 2. The normalized spacial score (nSPS) is 10.1. The molecule has 0 amide bonds. The standard InChI is InChI=1S/C11H8BrClN2O2/c1-16-8-2-3-10(9(13)4-8)17-11-14-5-7(12)6-15-11/h2-6H,1H3. The van der Waals surface area contributed by atoms with E-state index in [1.54, 1.807) is 37.7 Å². The zero-order chi connectivity index (χ0) is 12.3. The number of hydrogen-bond acceptors (Lipinski definition) is 4. The number of halogens is 2. The van der Waals surface area contributed by atoms with E-state index in [1.165, 1.54) is 0 Å². The molecule has 4 nitrogen and oxygen atoms in total. The second kappa shape index (κ2) is 5.33. The molecular weight excluding hydrogens is 307 g/mol. The van der Waals surface area contributed by atoms with Crippen LogP contribution >= 0.6 is 27.5 Å². The fourth-order valence-corrected chi connectivity index (χ4v) is 1.56. The Balaban J connectivity index is 2.21. The van der Waals surface area contributed by atoms with E-state index in [4.69, 9.17) is 21.1 Å². The highest BCUT2D eigenvalue weighted by molar-refractivity contribution is 9.10. The highest BCUT2D eigenvalue weighted by Gasteiger charge is 2.06. The van der Waals surface area contributed by atoms with Gasteiger partial charge in [0, 0.05) is 18.5 Å². The summed E-state index contributed by atoms with van der Waals surface area (Å²) in [6.07, 6.45) is 3.19. The maximum absolute atomic E-state index is 6.02. The summed E-state index contributed by atoms with van der Waals surface area (Å²) in [7, 11) is 1.57. The summed E-state index contributed by atoms with van der Waals surface area (Å²) in [6.45, 7) is 0. The summed E-state index contributed by atoms with van der Waals surface area (Å²) in [4.78, 5) is 7.97. The smallest absolute Gasteiger partial charge is 0.321 e. The molecule has 0 radical (unpaired) electrons. The number of ether oxygens (including phenoxy) is 2. The molecule has 17 heavy (non-hydrogen) atoms. The molecule has 1 aromatic carbocycles. The van der Waals surface area contributed by atoms with Crippen LogP contribution in [0.2, 0.25) is 5.02 Å². The van der Waals surface area contributed by atoms with Crippen molar-refractivity contribution in [3.63, 3.8) is 0 Å². The average molecular weight is 316 g/mol. The lowest BCUT2D eigenvalue weighted by molar-refractivity contribution is 0.410. The first-order chi connectivity index (χ1) is 8.19. The summed E-state index contributed by atoms with van der Waals surface area (Å²) >= 11 is 9.26. The molecule has 0 bridgehead atoms. The fourth-order valence-electron chi connectivity index (χ4n) is 1.14. The van der Waals surface area contributed by atoms with Crippen LogP contribution in [-0.2, 0) is 0 Å². The number of benzene rings is 1. The van der Waals surface area contributed by atoms with Gasteiger partial charge in [-0.15, -0.1) is 0 Å². The number of rotatable bonds is 3. The Kier molecular flexibility index (Phi) is 3.81. The van der Waals surface area contributed by atoms with E-state index in [2.05, 4.69) is 25.9 Å². The van der Waals surface area contributed by atoms with Crippen LogP contribution in [0.4, 0.5) is 0 Å². The third kappa shape index (κ3) is 3.08. The zero-order valence-corrected chi connectivity index (χ0v) is 11.2. The zero-order valence-electron chi connectivity index (χ0n) is 8.85. The predicted octanol–water partition coefficient (Wildman–Crippen LogP) is 3.69. The van der Waals surface area contributed by atoms with Crippen LogP contribution in [0.3, 0.4) is 0 Å². The van der Waals surface area contributed by atoms with Crippen molar-refractivity contribution in [3.8, 4) is 17.5 Å². The molecule has 0 aliphatic carbocycles. The summed E-state index contributed by atoms with van der Waals surface area (Å²) in [5, 5.41) is 0.441. The van der Waals surface area contributed by atoms with E-state index in [0.717, 1.165) is 4.47 Å². The first-order valence-electron chi connectivity index (χ1n) is 4.68. The monoisotopic (exact) mass is 314 g/mol. The van der Waals surface area contributed by atoms with Crippen molar-refractivity contribution >= 4 is 27.5 Å². The van der Waals surface area contributed by atoms with Crippen LogP contribution < -0.4 is 9.47 Å². The van der Waals surface area contributed by atoms with Gasteiger partial charge in [0.2, 0.25) is 0 Å². The van der Waals surface area contributed by atoms with Gasteiger partial charge in [-0.05, 0) is 28.1 Å². The van der Waals surface area contributed by atoms with Crippen LogP contribution in [0.5, 0.6) is 17.5 Å². The average Bonchev–Trinajstić information content (AvgIpc) is 2.34. The van der Waals surface area contributed by atoms with Crippen LogP contribution in [0.1, 0.15) is 0 Å². The van der Waals surface area contributed by atoms with E-state index in [1.807, 2.05) is 0 Å². The number of hydrogen-bond donors (Lipinski definition) is 0. The van der Waals surface area contributed by atoms with E-state index in [0.29, 0.717) is 16.5 Å². The van der Waals surface area contributed by atoms with Gasteiger partial charge in [0.25, 0.3) is 0 Å². The summed E-state index contributed by atoms with van der Waals surface area (Å²) in [5.74, 6) is 1.15. The molecule has 1 aromatic heterocycles. The van der Waals surface area contributed by atoms with Crippen molar-refractivity contribution in [2.75, 3.05) is 7.11 Å². The SMILES string of the molecule is COc1ccc(Oc2ncc(Br)cn2)c(Cl)c1. The minimum absolute atomic E-state index is 0.236. The summed E-state index contributed by atoms with van der Waals surface area (Å²) in [6, 6.07) is 5.35. The molecule has 6 heteroatoms. The van der Waals surface area contributed by atoms with Gasteiger partial charge >= 0.3 is 6.01 Å². The first kappa shape index (κ1) is 12.1. The molecular formula is C11H8BrClN2O2. The highest BCUT2D eigenvalue weighted by Crippen LogP contribution is 2.31. The third-order valence-electron chi connectivity index (χ3n) is 1.94. The molecule has 88 valence electrons. The fraction of sp³-hybridized carbons (Fsp3) is 0.0909. The van der Waals surface area contributed by atoms with Crippen LogP contribution in [-0.4, -0.2) is 17.1 Å². The van der Waals surface area contributed by atoms with Crippen LogP contribution in [0.15, 0.2) is 35.1 Å². The van der Waals surface area contributed by atoms with E-state index < -0.39 is 0 Å². The second-order valence-corrected chi connectivity index (χ2v) is 4.41. The Morgan fingerprint density at radius 3 is 2.53 bits per heavy atom. The van der Waals surface area contributed by atoms with Crippen molar-refractivity contribution in [1.29, 1.82) is 0 Å². The largest absolute Gasteiger partial charge is 0.497 e. The van der Waals surface area contributed by atoms with Gasteiger partial charge in [0.05, 0.1) is 16.6 Å². The van der Waals surface area contributed by atoms with Gasteiger partial charge < -0.3 is 9.47 Å². The third-order valence-corrected chi connectivity index (χ3v) is 2.64. The summed E-state index contributed by atoms with van der Waals surface area (Å²) < 4.78 is 11.3. The van der Waals surface area contributed by atoms with Crippen molar-refractivity contribution in [2.24, 2.45) is 0 Å². The van der Waals surface area contributed by atoms with Crippen LogP contribution in [0.25, 0.3) is 0 Å². The molecule has 0 saturated heterocycles. The van der Waals surface area contributed by atoms with Gasteiger partial charge in [0.1, 0.15) is 11.5 Å². The van der Waals surface area contributed by atoms with Gasteiger partial charge in [-0.2, -0.15) is 0 Å². The molecule has 0 saturated carbocycles. The Morgan fingerprint density at radius 2 is 1.94 bits per heavy atom. The highest BCUT2D eigenvalue weighted by atomic mass is 79.9.